The minimum absolute atomic E-state index is 0.0517. The molecule has 33 heavy (non-hydrogen) atoms. The Morgan fingerprint density at radius 1 is 1.12 bits per heavy atom. The third kappa shape index (κ3) is 3.41. The number of rotatable bonds is 5. The molecule has 0 spiro atoms. The second kappa shape index (κ2) is 8.12. The number of methoxy groups -OCH3 is 1. The molecule has 0 fully saturated rings. The van der Waals surface area contributed by atoms with E-state index in [0.29, 0.717) is 27.4 Å². The molecule has 0 saturated heterocycles. The van der Waals surface area contributed by atoms with E-state index in [-0.39, 0.29) is 11.2 Å². The van der Waals surface area contributed by atoms with Crippen molar-refractivity contribution in [1.29, 1.82) is 0 Å². The van der Waals surface area contributed by atoms with Crippen molar-refractivity contribution in [3.63, 3.8) is 0 Å². The Hall–Kier alpha value is -3.52. The molecule has 2 aromatic carbocycles. The van der Waals surface area contributed by atoms with E-state index in [1.54, 1.807) is 7.11 Å². The summed E-state index contributed by atoms with van der Waals surface area (Å²) in [6.07, 6.45) is 1.70. The molecule has 0 bridgehead atoms. The van der Waals surface area contributed by atoms with Crippen LogP contribution < -0.4 is 15.1 Å². The summed E-state index contributed by atoms with van der Waals surface area (Å²) in [7, 11) is 1.58. The molecule has 4 aromatic rings. The van der Waals surface area contributed by atoms with Crippen LogP contribution in [-0.4, -0.2) is 23.2 Å². The summed E-state index contributed by atoms with van der Waals surface area (Å²) in [5.41, 5.74) is 3.23. The third-order valence-corrected chi connectivity index (χ3v) is 7.00. The maximum absolute atomic E-state index is 13.7. The third-order valence-electron chi connectivity index (χ3n) is 6.02. The van der Waals surface area contributed by atoms with E-state index in [9.17, 15) is 9.59 Å². The Bertz CT molecular complexity index is 1460. The van der Waals surface area contributed by atoms with Crippen LogP contribution in [0.4, 0.5) is 5.13 Å². The van der Waals surface area contributed by atoms with Gasteiger partial charge in [0.1, 0.15) is 16.3 Å². The number of anilines is 1. The van der Waals surface area contributed by atoms with Crippen molar-refractivity contribution in [1.82, 2.24) is 10.2 Å². The lowest BCUT2D eigenvalue weighted by Crippen LogP contribution is -2.29. The van der Waals surface area contributed by atoms with Gasteiger partial charge in [-0.1, -0.05) is 30.4 Å². The number of aryl methyl sites for hydroxylation is 3. The van der Waals surface area contributed by atoms with Gasteiger partial charge < -0.3 is 9.15 Å². The lowest BCUT2D eigenvalue weighted by molar-refractivity contribution is 0.0970. The molecule has 0 radical (unpaired) electrons. The van der Waals surface area contributed by atoms with Gasteiger partial charge in [0.15, 0.2) is 5.43 Å². The van der Waals surface area contributed by atoms with E-state index in [1.807, 2.05) is 50.2 Å². The summed E-state index contributed by atoms with van der Waals surface area (Å²) in [6.45, 7) is 5.97. The highest BCUT2D eigenvalue weighted by atomic mass is 32.1. The van der Waals surface area contributed by atoms with Crippen molar-refractivity contribution in [3.8, 4) is 5.75 Å². The second-order valence-corrected chi connectivity index (χ2v) is 9.23. The highest BCUT2D eigenvalue weighted by molar-refractivity contribution is 7.15. The molecular formula is C25H23N3O4S. The van der Waals surface area contributed by atoms with Crippen LogP contribution >= 0.6 is 11.3 Å². The number of amides is 1. The van der Waals surface area contributed by atoms with Crippen LogP contribution in [0.1, 0.15) is 57.2 Å². The SMILES string of the molecule is CCCc1nnc(N2C(=O)c3oc4cc(C)c(C)cc4c(=O)c3[C@H]2c2cccc(OC)c2)s1. The van der Waals surface area contributed by atoms with E-state index >= 15 is 0 Å². The molecule has 7 nitrogen and oxygen atoms in total. The van der Waals surface area contributed by atoms with E-state index in [2.05, 4.69) is 17.1 Å². The first-order chi connectivity index (χ1) is 15.9. The van der Waals surface area contributed by atoms with E-state index < -0.39 is 11.9 Å². The number of carbonyl (C=O) groups is 1. The minimum Gasteiger partial charge on any atom is -0.497 e. The first-order valence-electron chi connectivity index (χ1n) is 10.8. The maximum atomic E-state index is 13.7. The molecule has 1 aliphatic heterocycles. The largest absolute Gasteiger partial charge is 0.497 e. The molecule has 3 heterocycles. The van der Waals surface area contributed by atoms with Crippen LogP contribution in [-0.2, 0) is 6.42 Å². The number of hydrogen-bond donors (Lipinski definition) is 0. The summed E-state index contributed by atoms with van der Waals surface area (Å²) in [6, 6.07) is 10.3. The van der Waals surface area contributed by atoms with Crippen LogP contribution in [0.5, 0.6) is 5.75 Å². The van der Waals surface area contributed by atoms with Gasteiger partial charge in [-0.2, -0.15) is 0 Å². The lowest BCUT2D eigenvalue weighted by atomic mass is 9.97. The fourth-order valence-electron chi connectivity index (χ4n) is 4.21. The molecule has 0 N–H and O–H groups in total. The molecule has 0 unspecified atom stereocenters. The maximum Gasteiger partial charge on any atom is 0.297 e. The number of nitrogens with zero attached hydrogens (tertiary/aromatic N) is 3. The Labute approximate surface area is 194 Å². The molecule has 1 amide bonds. The Morgan fingerprint density at radius 2 is 1.91 bits per heavy atom. The van der Waals surface area contributed by atoms with Gasteiger partial charge in [0.25, 0.3) is 5.91 Å². The monoisotopic (exact) mass is 461 g/mol. The number of benzene rings is 2. The summed E-state index contributed by atoms with van der Waals surface area (Å²) in [5, 5.41) is 10.3. The molecule has 2 aromatic heterocycles. The number of aromatic nitrogens is 2. The van der Waals surface area contributed by atoms with Crippen molar-refractivity contribution in [2.45, 2.75) is 39.7 Å². The van der Waals surface area contributed by atoms with E-state index in [4.69, 9.17) is 9.15 Å². The van der Waals surface area contributed by atoms with Crippen LogP contribution in [0, 0.1) is 13.8 Å². The van der Waals surface area contributed by atoms with Gasteiger partial charge in [0.05, 0.1) is 24.1 Å². The molecular weight excluding hydrogens is 438 g/mol. The summed E-state index contributed by atoms with van der Waals surface area (Å²) in [5.74, 6) is 0.291. The number of carbonyl (C=O) groups excluding carboxylic acids is 1. The quantitative estimate of drug-likeness (QED) is 0.417. The van der Waals surface area contributed by atoms with Gasteiger partial charge in [-0.25, -0.2) is 0 Å². The van der Waals surface area contributed by atoms with Crippen LogP contribution in [0.25, 0.3) is 11.0 Å². The highest BCUT2D eigenvalue weighted by Gasteiger charge is 2.45. The van der Waals surface area contributed by atoms with Gasteiger partial charge in [-0.3, -0.25) is 14.5 Å². The van der Waals surface area contributed by atoms with Crippen LogP contribution in [0.15, 0.2) is 45.6 Å². The van der Waals surface area contributed by atoms with Gasteiger partial charge in [0.2, 0.25) is 10.9 Å². The lowest BCUT2D eigenvalue weighted by Gasteiger charge is -2.22. The minimum atomic E-state index is -0.688. The molecule has 0 aliphatic carbocycles. The van der Waals surface area contributed by atoms with Gasteiger partial charge >= 0.3 is 0 Å². The van der Waals surface area contributed by atoms with Crippen molar-refractivity contribution in [2.75, 3.05) is 12.0 Å². The highest BCUT2D eigenvalue weighted by Crippen LogP contribution is 2.43. The number of fused-ring (bicyclic) bond motifs is 2. The second-order valence-electron chi connectivity index (χ2n) is 8.19. The Morgan fingerprint density at radius 3 is 2.67 bits per heavy atom. The van der Waals surface area contributed by atoms with Crippen LogP contribution in [0.2, 0.25) is 0 Å². The standard InChI is InChI=1S/C25H23N3O4S/c1-5-7-19-26-27-25(33-19)28-21(15-8-6-9-16(12-15)31-4)20-22(29)17-10-13(2)14(3)11-18(17)32-23(20)24(28)30/h6,8-12,21H,5,7H2,1-4H3/t21-/m1/s1. The van der Waals surface area contributed by atoms with E-state index in [0.717, 1.165) is 34.5 Å². The van der Waals surface area contributed by atoms with E-state index in [1.165, 1.54) is 16.2 Å². The zero-order valence-corrected chi connectivity index (χ0v) is 19.7. The zero-order valence-electron chi connectivity index (χ0n) is 18.8. The fraction of sp³-hybridized carbons (Fsp3) is 0.280. The number of ether oxygens (including phenoxy) is 1. The average Bonchev–Trinajstić information content (AvgIpc) is 3.38. The predicted molar refractivity (Wildman–Crippen MR) is 128 cm³/mol. The molecule has 1 atom stereocenters. The molecule has 0 saturated carbocycles. The predicted octanol–water partition coefficient (Wildman–Crippen LogP) is 4.97. The Kier molecular flexibility index (Phi) is 5.25. The molecule has 168 valence electrons. The van der Waals surface area contributed by atoms with Gasteiger partial charge in [-0.15, -0.1) is 10.2 Å². The fourth-order valence-corrected chi connectivity index (χ4v) is 5.18. The number of hydrogen-bond acceptors (Lipinski definition) is 7. The summed E-state index contributed by atoms with van der Waals surface area (Å²) in [4.78, 5) is 28.9. The average molecular weight is 462 g/mol. The molecule has 5 rings (SSSR count). The smallest absolute Gasteiger partial charge is 0.297 e. The summed E-state index contributed by atoms with van der Waals surface area (Å²) >= 11 is 1.36. The first-order valence-corrected chi connectivity index (χ1v) is 11.6. The topological polar surface area (TPSA) is 85.5 Å². The Balaban J connectivity index is 1.78. The van der Waals surface area contributed by atoms with Gasteiger partial charge in [0, 0.05) is 6.42 Å². The van der Waals surface area contributed by atoms with Crippen molar-refractivity contribution < 1.29 is 13.9 Å². The zero-order chi connectivity index (χ0) is 23.3. The van der Waals surface area contributed by atoms with Crippen molar-refractivity contribution >= 4 is 33.3 Å². The van der Waals surface area contributed by atoms with Crippen LogP contribution in [0.3, 0.4) is 0 Å². The van der Waals surface area contributed by atoms with Crippen molar-refractivity contribution in [2.24, 2.45) is 0 Å². The first kappa shape index (κ1) is 21.3. The normalized spacial score (nSPS) is 15.3. The van der Waals surface area contributed by atoms with Gasteiger partial charge in [-0.05, 0) is 61.2 Å². The van der Waals surface area contributed by atoms with Crippen molar-refractivity contribution in [3.05, 3.63) is 79.6 Å². The summed E-state index contributed by atoms with van der Waals surface area (Å²) < 4.78 is 11.5. The molecule has 8 heteroatoms. The molecule has 1 aliphatic rings.